The topological polar surface area (TPSA) is 143 Å². The van der Waals surface area contributed by atoms with Crippen molar-refractivity contribution in [1.82, 2.24) is 15.1 Å². The Kier molecular flexibility index (Phi) is 6.60. The van der Waals surface area contributed by atoms with Crippen LogP contribution in [0.2, 0.25) is 0 Å². The van der Waals surface area contributed by atoms with Crippen molar-refractivity contribution in [2.45, 2.75) is 18.4 Å². The van der Waals surface area contributed by atoms with Crippen LogP contribution in [-0.2, 0) is 16.6 Å². The van der Waals surface area contributed by atoms with Crippen LogP contribution in [0.3, 0.4) is 0 Å². The summed E-state index contributed by atoms with van der Waals surface area (Å²) >= 11 is 0. The number of fused-ring (bicyclic) bond motifs is 3. The van der Waals surface area contributed by atoms with Crippen LogP contribution in [0.5, 0.6) is 0 Å². The minimum absolute atomic E-state index is 0.0438. The molecule has 0 aliphatic heterocycles. The molecule has 1 unspecified atom stereocenters. The number of aliphatic hydroxyl groups excluding tert-OH is 1. The van der Waals surface area contributed by atoms with Crippen LogP contribution >= 0.6 is 0 Å². The number of carboxylic acids is 1. The van der Waals surface area contributed by atoms with E-state index >= 15 is 0 Å². The number of aromatic nitrogens is 2. The molecule has 0 spiro atoms. The minimum Gasteiger partial charge on any atom is -0.480 e. The van der Waals surface area contributed by atoms with Crippen molar-refractivity contribution in [3.8, 4) is 11.1 Å². The first-order valence-electron chi connectivity index (χ1n) is 10.7. The molecule has 1 aliphatic carbocycles. The molecule has 3 aromatic rings. The fourth-order valence-corrected chi connectivity index (χ4v) is 4.16. The van der Waals surface area contributed by atoms with Gasteiger partial charge in [0.1, 0.15) is 18.3 Å². The Morgan fingerprint density at radius 1 is 1.09 bits per heavy atom. The van der Waals surface area contributed by atoms with E-state index in [0.29, 0.717) is 0 Å². The van der Waals surface area contributed by atoms with Gasteiger partial charge in [-0.25, -0.2) is 9.59 Å². The molecule has 10 nitrogen and oxygen atoms in total. The number of aliphatic hydroxyl groups is 1. The van der Waals surface area contributed by atoms with Gasteiger partial charge < -0.3 is 20.3 Å². The maximum Gasteiger partial charge on any atom is 0.411 e. The van der Waals surface area contributed by atoms with Gasteiger partial charge in [-0.05, 0) is 22.3 Å². The highest BCUT2D eigenvalue weighted by Gasteiger charge is 2.30. The number of ether oxygens (including phenoxy) is 1. The number of hydrogen-bond donors (Lipinski definition) is 4. The number of aryl methyl sites for hydroxylation is 1. The third-order valence-electron chi connectivity index (χ3n) is 5.76. The lowest BCUT2D eigenvalue weighted by molar-refractivity contribution is -0.139. The molecule has 1 heterocycles. The van der Waals surface area contributed by atoms with Crippen LogP contribution < -0.4 is 10.6 Å². The summed E-state index contributed by atoms with van der Waals surface area (Å²) in [6.45, 7) is -0.313. The Morgan fingerprint density at radius 3 is 2.29 bits per heavy atom. The van der Waals surface area contributed by atoms with Crippen molar-refractivity contribution in [1.29, 1.82) is 0 Å². The maximum atomic E-state index is 12.7. The summed E-state index contributed by atoms with van der Waals surface area (Å²) in [5, 5.41) is 27.0. The fraction of sp³-hybridized carbons (Fsp3) is 0.250. The standard InChI is InChI=1S/C24H24N4O6/c1-28-21(22(30)26-19(10-11-29)23(31)32)20(12-25-28)27-24(33)34-13-18-16-8-4-2-6-14(16)15-7-3-5-9-17(15)18/h2-9,12,18-19,29H,10-11,13H2,1H3,(H,26,30)(H,27,33)(H,31,32). The first kappa shape index (κ1) is 23.0. The van der Waals surface area contributed by atoms with Gasteiger partial charge in [-0.2, -0.15) is 5.10 Å². The van der Waals surface area contributed by atoms with Crippen molar-refractivity contribution in [3.05, 3.63) is 71.5 Å². The molecule has 0 saturated heterocycles. The predicted octanol–water partition coefficient (Wildman–Crippen LogP) is 2.35. The number of amides is 2. The van der Waals surface area contributed by atoms with Gasteiger partial charge >= 0.3 is 12.1 Å². The molecule has 176 valence electrons. The third-order valence-corrected chi connectivity index (χ3v) is 5.76. The molecule has 2 aromatic carbocycles. The number of nitrogens with one attached hydrogen (secondary N) is 2. The Balaban J connectivity index is 1.45. The Morgan fingerprint density at radius 2 is 1.71 bits per heavy atom. The summed E-state index contributed by atoms with van der Waals surface area (Å²) in [5.41, 5.74) is 4.38. The molecule has 0 radical (unpaired) electrons. The quantitative estimate of drug-likeness (QED) is 0.401. The molecule has 2 amide bonds. The van der Waals surface area contributed by atoms with E-state index in [9.17, 15) is 19.5 Å². The summed E-state index contributed by atoms with van der Waals surface area (Å²) in [4.78, 5) is 36.5. The number of rotatable bonds is 8. The van der Waals surface area contributed by atoms with Crippen molar-refractivity contribution in [2.24, 2.45) is 7.05 Å². The van der Waals surface area contributed by atoms with Gasteiger partial charge in [0, 0.05) is 26.0 Å². The summed E-state index contributed by atoms with van der Waals surface area (Å²) in [5.74, 6) is -2.16. The molecule has 1 aromatic heterocycles. The van der Waals surface area contributed by atoms with E-state index in [0.717, 1.165) is 22.3 Å². The highest BCUT2D eigenvalue weighted by Crippen LogP contribution is 2.44. The van der Waals surface area contributed by atoms with E-state index in [4.69, 9.17) is 9.84 Å². The van der Waals surface area contributed by atoms with Crippen molar-refractivity contribution in [2.75, 3.05) is 18.5 Å². The molecule has 10 heteroatoms. The first-order valence-corrected chi connectivity index (χ1v) is 10.7. The zero-order valence-electron chi connectivity index (χ0n) is 18.4. The van der Waals surface area contributed by atoms with Crippen LogP contribution in [0.25, 0.3) is 11.1 Å². The van der Waals surface area contributed by atoms with E-state index in [1.165, 1.54) is 17.9 Å². The molecule has 4 N–H and O–H groups in total. The number of carboxylic acid groups (broad SMARTS) is 1. The second-order valence-electron chi connectivity index (χ2n) is 7.86. The van der Waals surface area contributed by atoms with Crippen LogP contribution in [-0.4, -0.2) is 57.2 Å². The van der Waals surface area contributed by atoms with Crippen molar-refractivity contribution >= 4 is 23.7 Å². The van der Waals surface area contributed by atoms with E-state index in [-0.39, 0.29) is 30.3 Å². The summed E-state index contributed by atoms with van der Waals surface area (Å²) in [6.07, 6.45) is 0.348. The first-order chi connectivity index (χ1) is 16.4. The molecular formula is C24H24N4O6. The van der Waals surface area contributed by atoms with E-state index in [2.05, 4.69) is 15.7 Å². The molecule has 0 saturated carbocycles. The molecule has 34 heavy (non-hydrogen) atoms. The number of benzene rings is 2. The average molecular weight is 464 g/mol. The highest BCUT2D eigenvalue weighted by atomic mass is 16.5. The number of aliphatic carboxylic acids is 1. The SMILES string of the molecule is Cn1ncc(NC(=O)OCC2c3ccccc3-c3ccccc32)c1C(=O)NC(CCO)C(=O)O. The van der Waals surface area contributed by atoms with Crippen LogP contribution in [0.1, 0.15) is 34.0 Å². The number of anilines is 1. The molecule has 0 bridgehead atoms. The molecular weight excluding hydrogens is 440 g/mol. The van der Waals surface area contributed by atoms with Gasteiger partial charge in [-0.15, -0.1) is 0 Å². The monoisotopic (exact) mass is 464 g/mol. The van der Waals surface area contributed by atoms with Gasteiger partial charge in [-0.3, -0.25) is 14.8 Å². The number of carbonyl (C=O) groups is 3. The van der Waals surface area contributed by atoms with Crippen molar-refractivity contribution in [3.63, 3.8) is 0 Å². The number of hydrogen-bond acceptors (Lipinski definition) is 6. The molecule has 1 atom stereocenters. The zero-order valence-corrected chi connectivity index (χ0v) is 18.4. The Hall–Kier alpha value is -4.18. The Bertz CT molecular complexity index is 1190. The highest BCUT2D eigenvalue weighted by molar-refractivity contribution is 6.02. The second kappa shape index (κ2) is 9.75. The smallest absolute Gasteiger partial charge is 0.411 e. The van der Waals surface area contributed by atoms with Crippen LogP contribution in [0.15, 0.2) is 54.7 Å². The second-order valence-corrected chi connectivity index (χ2v) is 7.86. The maximum absolute atomic E-state index is 12.7. The summed E-state index contributed by atoms with van der Waals surface area (Å²) in [7, 11) is 1.49. The molecule has 1 aliphatic rings. The minimum atomic E-state index is -1.28. The summed E-state index contributed by atoms with van der Waals surface area (Å²) < 4.78 is 6.71. The molecule has 4 rings (SSSR count). The van der Waals surface area contributed by atoms with Crippen molar-refractivity contribution < 1.29 is 29.3 Å². The van der Waals surface area contributed by atoms with Crippen LogP contribution in [0.4, 0.5) is 10.5 Å². The molecule has 0 fully saturated rings. The van der Waals surface area contributed by atoms with Crippen LogP contribution in [0, 0.1) is 0 Å². The van der Waals surface area contributed by atoms with E-state index in [1.807, 2.05) is 48.5 Å². The van der Waals surface area contributed by atoms with E-state index < -0.39 is 30.6 Å². The fourth-order valence-electron chi connectivity index (χ4n) is 4.16. The lowest BCUT2D eigenvalue weighted by atomic mass is 9.98. The largest absolute Gasteiger partial charge is 0.480 e. The van der Waals surface area contributed by atoms with Gasteiger partial charge in [0.25, 0.3) is 5.91 Å². The van der Waals surface area contributed by atoms with E-state index in [1.54, 1.807) is 0 Å². The van der Waals surface area contributed by atoms with Gasteiger partial charge in [0.05, 0.1) is 11.9 Å². The normalized spacial score (nSPS) is 13.0. The van der Waals surface area contributed by atoms with Gasteiger partial charge in [0.2, 0.25) is 0 Å². The lowest BCUT2D eigenvalue weighted by Crippen LogP contribution is -2.42. The number of carbonyl (C=O) groups excluding carboxylic acids is 2. The number of nitrogens with zero attached hydrogens (tertiary/aromatic N) is 2. The zero-order chi connectivity index (χ0) is 24.2. The Labute approximate surface area is 195 Å². The third kappa shape index (κ3) is 4.48. The lowest BCUT2D eigenvalue weighted by Gasteiger charge is -2.16. The average Bonchev–Trinajstić information content (AvgIpc) is 3.34. The summed E-state index contributed by atoms with van der Waals surface area (Å²) in [6, 6.07) is 14.6. The van der Waals surface area contributed by atoms with Gasteiger partial charge in [0.15, 0.2) is 0 Å². The predicted molar refractivity (Wildman–Crippen MR) is 122 cm³/mol. The van der Waals surface area contributed by atoms with Gasteiger partial charge in [-0.1, -0.05) is 48.5 Å².